The van der Waals surface area contributed by atoms with Gasteiger partial charge in [0.05, 0.1) is 24.8 Å². The van der Waals surface area contributed by atoms with Crippen molar-refractivity contribution in [3.63, 3.8) is 0 Å². The summed E-state index contributed by atoms with van der Waals surface area (Å²) >= 11 is 0. The van der Waals surface area contributed by atoms with Crippen molar-refractivity contribution < 1.29 is 13.7 Å². The van der Waals surface area contributed by atoms with E-state index in [9.17, 15) is 5.48 Å². The Morgan fingerprint density at radius 3 is 1.27 bits per heavy atom. The summed E-state index contributed by atoms with van der Waals surface area (Å²) in [4.78, 5) is 4.85. The number of rotatable bonds is 4. The summed E-state index contributed by atoms with van der Waals surface area (Å²) in [5.41, 5.74) is 6.44. The molecule has 278 valence electrons. The van der Waals surface area contributed by atoms with Gasteiger partial charge in [0.1, 0.15) is 0 Å². The first kappa shape index (κ1) is 25.0. The van der Waals surface area contributed by atoms with E-state index < -0.39 is 36.3 Å². The first-order valence-electron chi connectivity index (χ1n) is 25.4. The highest BCUT2D eigenvalue weighted by atomic mass is 15.3. The Bertz CT molecular complexity index is 3000. The first-order valence-corrected chi connectivity index (χ1v) is 20.4. The van der Waals surface area contributed by atoms with Crippen molar-refractivity contribution in [1.82, 2.24) is 0 Å². The summed E-state index contributed by atoms with van der Waals surface area (Å²) in [6.07, 6.45) is 8.27. The zero-order chi connectivity index (χ0) is 46.6. The lowest BCUT2D eigenvalue weighted by molar-refractivity contribution is 0.195. The van der Waals surface area contributed by atoms with Crippen LogP contribution in [0.2, 0.25) is 0 Å². The summed E-state index contributed by atoms with van der Waals surface area (Å²) in [6, 6.07) is 25.1. The molecular formula is C54H52N2. The van der Waals surface area contributed by atoms with Crippen molar-refractivity contribution in [2.24, 2.45) is 0 Å². The second kappa shape index (κ2) is 12.1. The molecule has 11 rings (SSSR count). The van der Waals surface area contributed by atoms with E-state index in [1.165, 1.54) is 11.1 Å². The maximum atomic E-state index is 9.47. The Morgan fingerprint density at radius 2 is 0.839 bits per heavy atom. The quantitative estimate of drug-likeness (QED) is 0.166. The molecule has 7 aromatic carbocycles. The monoisotopic (exact) mass is 738 g/mol. The summed E-state index contributed by atoms with van der Waals surface area (Å²) in [7, 11) is 0. The predicted molar refractivity (Wildman–Crippen MR) is 238 cm³/mol. The second-order valence-electron chi connectivity index (χ2n) is 17.5. The van der Waals surface area contributed by atoms with Crippen molar-refractivity contribution in [3.8, 4) is 22.3 Å². The van der Waals surface area contributed by atoms with E-state index in [4.69, 9.17) is 8.22 Å². The second-order valence-corrected chi connectivity index (χ2v) is 17.5. The molecule has 2 saturated carbocycles. The molecule has 0 bridgehead atoms. The van der Waals surface area contributed by atoms with E-state index in [1.807, 2.05) is 24.3 Å². The molecule has 0 amide bonds. The van der Waals surface area contributed by atoms with Gasteiger partial charge in [0.2, 0.25) is 0 Å². The maximum absolute atomic E-state index is 9.47. The van der Waals surface area contributed by atoms with E-state index in [2.05, 4.69) is 98.2 Å². The molecule has 0 aromatic heterocycles. The largest absolute Gasteiger partial charge is 0.334 e. The van der Waals surface area contributed by atoms with Crippen LogP contribution in [0.4, 0.5) is 22.7 Å². The Balaban J connectivity index is 1.31. The smallest absolute Gasteiger partial charge is 0.0629 e. The van der Waals surface area contributed by atoms with Gasteiger partial charge in [-0.1, -0.05) is 148 Å². The van der Waals surface area contributed by atoms with E-state index in [-0.39, 0.29) is 57.2 Å². The Labute approximate surface area is 346 Å². The predicted octanol–water partition coefficient (Wildman–Crippen LogP) is 14.8. The average molecular weight is 739 g/mol. The highest BCUT2D eigenvalue weighted by molar-refractivity contribution is 6.22. The Kier molecular flexibility index (Phi) is 5.40. The lowest BCUT2D eigenvalue weighted by Gasteiger charge is -2.50. The molecule has 56 heavy (non-hydrogen) atoms. The third-order valence-electron chi connectivity index (χ3n) is 15.1. The molecular weight excluding hydrogens is 677 g/mol. The van der Waals surface area contributed by atoms with Gasteiger partial charge in [0.15, 0.2) is 0 Å². The van der Waals surface area contributed by atoms with E-state index in [0.717, 1.165) is 74.1 Å². The van der Waals surface area contributed by atoms with Gasteiger partial charge < -0.3 is 9.80 Å². The van der Waals surface area contributed by atoms with Crippen LogP contribution in [0.1, 0.15) is 104 Å². The molecule has 0 N–H and O–H groups in total. The van der Waals surface area contributed by atoms with Crippen LogP contribution in [0.3, 0.4) is 0 Å². The minimum atomic E-state index is -0.490. The molecule has 2 fully saturated rings. The van der Waals surface area contributed by atoms with Gasteiger partial charge in [-0.3, -0.25) is 0 Å². The molecule has 0 spiro atoms. The van der Waals surface area contributed by atoms with Gasteiger partial charge in [-0.05, 0) is 131 Å². The summed E-state index contributed by atoms with van der Waals surface area (Å²) in [5, 5.41) is 2.19. The molecule has 0 saturated heterocycles. The molecule has 2 aliphatic heterocycles. The number of fused-ring (bicyclic) bond motifs is 8. The van der Waals surface area contributed by atoms with Gasteiger partial charge in [-0.15, -0.1) is 0 Å². The molecule has 2 heterocycles. The lowest BCUT2D eigenvalue weighted by atomic mass is 9.61. The number of hydrogen-bond donors (Lipinski definition) is 0. The van der Waals surface area contributed by atoms with Gasteiger partial charge in [-0.2, -0.15) is 0 Å². The minimum absolute atomic E-state index is 0.0439. The van der Waals surface area contributed by atoms with Crippen molar-refractivity contribution in [3.05, 3.63) is 156 Å². The normalized spacial score (nSPS) is 29.1. The molecule has 2 heteroatoms. The third kappa shape index (κ3) is 4.39. The zero-order valence-electron chi connectivity index (χ0n) is 42.6. The maximum Gasteiger partial charge on any atom is 0.0629 e. The van der Waals surface area contributed by atoms with E-state index in [1.54, 1.807) is 0 Å². The number of anilines is 4. The number of benzene rings is 7. The molecule has 2 nitrogen and oxygen atoms in total. The Hall–Kier alpha value is -5.34. The van der Waals surface area contributed by atoms with Crippen molar-refractivity contribution in [1.29, 1.82) is 0 Å². The fourth-order valence-electron chi connectivity index (χ4n) is 12.0. The van der Waals surface area contributed by atoms with E-state index >= 15 is 0 Å². The number of nitrogens with zero attached hydrogens (tertiary/aromatic N) is 2. The molecule has 7 aromatic rings. The van der Waals surface area contributed by atoms with Crippen molar-refractivity contribution >= 4 is 44.3 Å². The highest BCUT2D eigenvalue weighted by Crippen LogP contribution is 2.63. The Morgan fingerprint density at radius 1 is 0.446 bits per heavy atom. The molecule has 0 radical (unpaired) electrons. The minimum Gasteiger partial charge on any atom is -0.334 e. The van der Waals surface area contributed by atoms with Crippen LogP contribution in [0, 0.1) is 0 Å². The van der Waals surface area contributed by atoms with Crippen LogP contribution in [-0.2, 0) is 10.8 Å². The zero-order valence-corrected chi connectivity index (χ0v) is 32.6. The standard InChI is InChI=1S/C54H52N2/c1-51-31-15-17-33-53(51,3)55(47-25-13-11-23-45(47)51)39-27-29-41-43(35-39)49(37-19-7-5-8-20-37)42-30-28-40(36-44(42)50(41)38-21-9-6-10-22-38)56-48-26-14-12-24-46(48)52(2)32-16-18-34-54(52,56)4/h5-14,19-30,35-36H,15-18,31-34H2,1-4H3/i5D,6D,7D,8D,9D,10D,19D,20D,21D,22D. The molecule has 2 aliphatic carbocycles. The van der Waals surface area contributed by atoms with Crippen LogP contribution in [0.15, 0.2) is 145 Å². The van der Waals surface area contributed by atoms with Gasteiger partial charge in [0, 0.05) is 33.6 Å². The van der Waals surface area contributed by atoms with Crippen molar-refractivity contribution in [2.75, 3.05) is 9.80 Å². The molecule has 4 unspecified atom stereocenters. The van der Waals surface area contributed by atoms with Crippen LogP contribution in [0.25, 0.3) is 43.8 Å². The topological polar surface area (TPSA) is 6.48 Å². The van der Waals surface area contributed by atoms with Gasteiger partial charge >= 0.3 is 0 Å². The van der Waals surface area contributed by atoms with Crippen molar-refractivity contribution in [2.45, 2.75) is 101 Å². The van der Waals surface area contributed by atoms with Crippen LogP contribution in [0.5, 0.6) is 0 Å². The fourth-order valence-corrected chi connectivity index (χ4v) is 12.0. The number of hydrogen-bond acceptors (Lipinski definition) is 2. The molecule has 4 aliphatic rings. The SMILES string of the molecule is [2H]c1c([2H])c([2H])c(-c2c3ccc(N4c5ccccc5C5(C)CCCCC45C)cc3c(-c3c([2H])c([2H])c([2H])c([2H])c3[2H])c3ccc(N4c5ccccc5C5(C)CCCCC45C)cc23)c([2H])c1[2H]. The average Bonchev–Trinajstić information content (AvgIpc) is 3.66. The summed E-state index contributed by atoms with van der Waals surface area (Å²) in [5.74, 6) is 0. The highest BCUT2D eigenvalue weighted by Gasteiger charge is 2.58. The third-order valence-corrected chi connectivity index (χ3v) is 15.1. The molecule has 4 atom stereocenters. The number of para-hydroxylation sites is 2. The van der Waals surface area contributed by atoms with Gasteiger partial charge in [-0.25, -0.2) is 0 Å². The van der Waals surface area contributed by atoms with Gasteiger partial charge in [0.25, 0.3) is 0 Å². The van der Waals surface area contributed by atoms with E-state index in [0.29, 0.717) is 32.7 Å². The lowest BCUT2D eigenvalue weighted by Crippen LogP contribution is -2.54. The summed E-state index contributed by atoms with van der Waals surface area (Å²) < 4.78 is 90.8. The van der Waals surface area contributed by atoms with Crippen LogP contribution in [-0.4, -0.2) is 11.1 Å². The first-order chi connectivity index (χ1) is 31.4. The summed E-state index contributed by atoms with van der Waals surface area (Å²) in [6.45, 7) is 9.39. The fraction of sp³-hybridized carbons (Fsp3) is 0.296. The van der Waals surface area contributed by atoms with Crippen LogP contribution < -0.4 is 9.80 Å². The van der Waals surface area contributed by atoms with Crippen LogP contribution >= 0.6 is 0 Å².